The van der Waals surface area contributed by atoms with E-state index < -0.39 is 0 Å². The number of aryl methyl sites for hydroxylation is 1. The zero-order valence-electron chi connectivity index (χ0n) is 17.9. The third-order valence-electron chi connectivity index (χ3n) is 4.70. The minimum Gasteiger partial charge on any atom is -0.493 e. The van der Waals surface area contributed by atoms with E-state index in [0.717, 1.165) is 25.1 Å². The first kappa shape index (κ1) is 22.6. The standard InChI is InChI=1S/C23H32N2O4/c1-25(17-18-9-6-5-7-10-18)14-8-13-24-22(26)12-11-19-15-20(27-2)23(29-4)21(16-19)28-3/h5-7,9-10,15-16H,8,11-14,17H2,1-4H3,(H,24,26). The van der Waals surface area contributed by atoms with Crippen molar-refractivity contribution in [1.82, 2.24) is 10.2 Å². The van der Waals surface area contributed by atoms with Crippen molar-refractivity contribution in [3.05, 3.63) is 53.6 Å². The number of rotatable bonds is 12. The SMILES string of the molecule is COc1cc(CCC(=O)NCCCN(C)Cc2ccccc2)cc(OC)c1OC. The van der Waals surface area contributed by atoms with Crippen LogP contribution in [0.5, 0.6) is 17.2 Å². The maximum atomic E-state index is 12.2. The van der Waals surface area contributed by atoms with Crippen molar-refractivity contribution < 1.29 is 19.0 Å². The molecule has 0 saturated carbocycles. The highest BCUT2D eigenvalue weighted by Crippen LogP contribution is 2.38. The summed E-state index contributed by atoms with van der Waals surface area (Å²) in [5, 5.41) is 3.00. The first-order valence-corrected chi connectivity index (χ1v) is 9.85. The Morgan fingerprint density at radius 3 is 2.21 bits per heavy atom. The van der Waals surface area contributed by atoms with E-state index in [1.807, 2.05) is 18.2 Å². The van der Waals surface area contributed by atoms with Gasteiger partial charge in [0.1, 0.15) is 0 Å². The number of methoxy groups -OCH3 is 3. The second-order valence-electron chi connectivity index (χ2n) is 6.96. The zero-order chi connectivity index (χ0) is 21.1. The Hall–Kier alpha value is -2.73. The van der Waals surface area contributed by atoms with Crippen molar-refractivity contribution in [2.75, 3.05) is 41.5 Å². The van der Waals surface area contributed by atoms with Gasteiger partial charge in [0.15, 0.2) is 11.5 Å². The summed E-state index contributed by atoms with van der Waals surface area (Å²) in [4.78, 5) is 14.4. The third kappa shape index (κ3) is 7.31. The predicted octanol–water partition coefficient (Wildman–Crippen LogP) is 3.28. The van der Waals surface area contributed by atoms with Gasteiger partial charge in [0.25, 0.3) is 0 Å². The van der Waals surface area contributed by atoms with Gasteiger partial charge in [-0.15, -0.1) is 0 Å². The van der Waals surface area contributed by atoms with Crippen LogP contribution in [0.4, 0.5) is 0 Å². The van der Waals surface area contributed by atoms with Gasteiger partial charge in [-0.25, -0.2) is 0 Å². The molecule has 0 unspecified atom stereocenters. The molecule has 0 aliphatic heterocycles. The molecule has 0 heterocycles. The molecule has 0 aliphatic rings. The average molecular weight is 401 g/mol. The first-order valence-electron chi connectivity index (χ1n) is 9.85. The summed E-state index contributed by atoms with van der Waals surface area (Å²) in [5.74, 6) is 1.81. The summed E-state index contributed by atoms with van der Waals surface area (Å²) < 4.78 is 16.0. The van der Waals surface area contributed by atoms with E-state index >= 15 is 0 Å². The van der Waals surface area contributed by atoms with Crippen LogP contribution in [0, 0.1) is 0 Å². The Morgan fingerprint density at radius 2 is 1.62 bits per heavy atom. The van der Waals surface area contributed by atoms with Gasteiger partial charge in [-0.3, -0.25) is 4.79 Å². The molecule has 0 bridgehead atoms. The van der Waals surface area contributed by atoms with Gasteiger partial charge in [0.05, 0.1) is 21.3 Å². The van der Waals surface area contributed by atoms with Crippen LogP contribution in [0.1, 0.15) is 24.0 Å². The maximum Gasteiger partial charge on any atom is 0.220 e. The van der Waals surface area contributed by atoms with E-state index in [-0.39, 0.29) is 5.91 Å². The number of nitrogens with one attached hydrogen (secondary N) is 1. The smallest absolute Gasteiger partial charge is 0.220 e. The summed E-state index contributed by atoms with van der Waals surface area (Å²) in [6.07, 6.45) is 1.94. The Kier molecular flexibility index (Phi) is 9.31. The second-order valence-corrected chi connectivity index (χ2v) is 6.96. The summed E-state index contributed by atoms with van der Waals surface area (Å²) >= 11 is 0. The van der Waals surface area contributed by atoms with Gasteiger partial charge in [0, 0.05) is 19.5 Å². The number of benzene rings is 2. The molecule has 0 saturated heterocycles. The maximum absolute atomic E-state index is 12.2. The lowest BCUT2D eigenvalue weighted by Gasteiger charge is -2.17. The molecule has 1 N–H and O–H groups in total. The van der Waals surface area contributed by atoms with E-state index in [0.29, 0.717) is 36.6 Å². The van der Waals surface area contributed by atoms with Crippen LogP contribution in [0.3, 0.4) is 0 Å². The lowest BCUT2D eigenvalue weighted by molar-refractivity contribution is -0.121. The average Bonchev–Trinajstić information content (AvgIpc) is 2.75. The topological polar surface area (TPSA) is 60.0 Å². The number of carbonyl (C=O) groups is 1. The highest BCUT2D eigenvalue weighted by Gasteiger charge is 2.13. The van der Waals surface area contributed by atoms with Crippen molar-refractivity contribution in [1.29, 1.82) is 0 Å². The highest BCUT2D eigenvalue weighted by molar-refractivity contribution is 5.76. The quantitative estimate of drug-likeness (QED) is 0.554. The summed E-state index contributed by atoms with van der Waals surface area (Å²) in [7, 11) is 6.84. The van der Waals surface area contributed by atoms with E-state index in [1.54, 1.807) is 21.3 Å². The van der Waals surface area contributed by atoms with Gasteiger partial charge in [-0.1, -0.05) is 30.3 Å². The van der Waals surface area contributed by atoms with E-state index in [4.69, 9.17) is 14.2 Å². The van der Waals surface area contributed by atoms with Gasteiger partial charge < -0.3 is 24.4 Å². The summed E-state index contributed by atoms with van der Waals surface area (Å²) in [6, 6.07) is 14.1. The van der Waals surface area contributed by atoms with Crippen LogP contribution in [0.25, 0.3) is 0 Å². The van der Waals surface area contributed by atoms with Gasteiger partial charge in [0.2, 0.25) is 11.7 Å². The van der Waals surface area contributed by atoms with Gasteiger partial charge in [-0.2, -0.15) is 0 Å². The number of hydrogen-bond acceptors (Lipinski definition) is 5. The van der Waals surface area contributed by atoms with Gasteiger partial charge in [-0.05, 0) is 49.7 Å². The monoisotopic (exact) mass is 400 g/mol. The minimum atomic E-state index is 0.0458. The molecule has 2 rings (SSSR count). The second kappa shape index (κ2) is 12.0. The fourth-order valence-electron chi connectivity index (χ4n) is 3.18. The van der Waals surface area contributed by atoms with Gasteiger partial charge >= 0.3 is 0 Å². The van der Waals surface area contributed by atoms with Crippen molar-refractivity contribution in [3.8, 4) is 17.2 Å². The molecule has 0 radical (unpaired) electrons. The van der Waals surface area contributed by atoms with Crippen LogP contribution < -0.4 is 19.5 Å². The van der Waals surface area contributed by atoms with E-state index in [2.05, 4.69) is 41.5 Å². The highest BCUT2D eigenvalue weighted by atomic mass is 16.5. The molecule has 2 aromatic carbocycles. The Labute approximate surface area is 173 Å². The molecule has 6 nitrogen and oxygen atoms in total. The van der Waals surface area contributed by atoms with Crippen LogP contribution in [-0.2, 0) is 17.8 Å². The summed E-state index contributed by atoms with van der Waals surface area (Å²) in [5.41, 5.74) is 2.27. The first-order chi connectivity index (χ1) is 14.1. The molecule has 0 aliphatic carbocycles. The molecule has 0 aromatic heterocycles. The van der Waals surface area contributed by atoms with Crippen molar-refractivity contribution in [3.63, 3.8) is 0 Å². The van der Waals surface area contributed by atoms with Crippen LogP contribution >= 0.6 is 0 Å². The fraction of sp³-hybridized carbons (Fsp3) is 0.435. The van der Waals surface area contributed by atoms with Crippen molar-refractivity contribution in [2.24, 2.45) is 0 Å². The Balaban J connectivity index is 1.72. The fourth-order valence-corrected chi connectivity index (χ4v) is 3.18. The lowest BCUT2D eigenvalue weighted by atomic mass is 10.1. The van der Waals surface area contributed by atoms with Crippen LogP contribution in [-0.4, -0.2) is 52.3 Å². The molecular weight excluding hydrogens is 368 g/mol. The van der Waals surface area contributed by atoms with Crippen molar-refractivity contribution >= 4 is 5.91 Å². The summed E-state index contributed by atoms with van der Waals surface area (Å²) in [6.45, 7) is 2.52. The largest absolute Gasteiger partial charge is 0.493 e. The van der Waals surface area contributed by atoms with Crippen LogP contribution in [0.2, 0.25) is 0 Å². The number of hydrogen-bond donors (Lipinski definition) is 1. The molecule has 6 heteroatoms. The number of nitrogens with zero attached hydrogens (tertiary/aromatic N) is 1. The molecular formula is C23H32N2O4. The Bertz CT molecular complexity index is 740. The lowest BCUT2D eigenvalue weighted by Crippen LogP contribution is -2.28. The van der Waals surface area contributed by atoms with Crippen LogP contribution in [0.15, 0.2) is 42.5 Å². The molecule has 0 spiro atoms. The molecule has 29 heavy (non-hydrogen) atoms. The number of ether oxygens (including phenoxy) is 3. The molecule has 0 fully saturated rings. The molecule has 158 valence electrons. The van der Waals surface area contributed by atoms with Crippen molar-refractivity contribution in [2.45, 2.75) is 25.8 Å². The zero-order valence-corrected chi connectivity index (χ0v) is 17.9. The Morgan fingerprint density at radius 1 is 0.966 bits per heavy atom. The minimum absolute atomic E-state index is 0.0458. The molecule has 2 aromatic rings. The normalized spacial score (nSPS) is 10.7. The molecule has 1 amide bonds. The van der Waals surface area contributed by atoms with E-state index in [9.17, 15) is 4.79 Å². The number of amides is 1. The molecule has 0 atom stereocenters. The number of carbonyl (C=O) groups excluding carboxylic acids is 1. The van der Waals surface area contributed by atoms with E-state index in [1.165, 1.54) is 5.56 Å². The third-order valence-corrected chi connectivity index (χ3v) is 4.70. The predicted molar refractivity (Wildman–Crippen MR) is 115 cm³/mol.